The third-order valence-electron chi connectivity index (χ3n) is 6.04. The van der Waals surface area contributed by atoms with Gasteiger partial charge in [-0.15, -0.1) is 0 Å². The Labute approximate surface area is 156 Å². The molecule has 0 saturated heterocycles. The Morgan fingerprint density at radius 1 is 1.00 bits per heavy atom. The summed E-state index contributed by atoms with van der Waals surface area (Å²) in [6.45, 7) is 9.43. The fourth-order valence-electron chi connectivity index (χ4n) is 4.40. The van der Waals surface area contributed by atoms with Crippen molar-refractivity contribution in [3.05, 3.63) is 35.9 Å². The lowest BCUT2D eigenvalue weighted by molar-refractivity contribution is -0.0853. The minimum Gasteiger partial charge on any atom is -0.370 e. The first kappa shape index (κ1) is 20.5. The highest BCUT2D eigenvalue weighted by atomic mass is 16.5. The summed E-state index contributed by atoms with van der Waals surface area (Å²) in [6.07, 6.45) is 12.5. The summed E-state index contributed by atoms with van der Waals surface area (Å²) >= 11 is 0. The molecule has 0 N–H and O–H groups in total. The molecule has 1 unspecified atom stereocenters. The summed E-state index contributed by atoms with van der Waals surface area (Å²) in [6, 6.07) is 10.9. The van der Waals surface area contributed by atoms with Crippen LogP contribution in [0.2, 0.25) is 0 Å². The van der Waals surface area contributed by atoms with Crippen molar-refractivity contribution in [2.45, 2.75) is 97.7 Å². The summed E-state index contributed by atoms with van der Waals surface area (Å²) < 4.78 is 6.83. The number of benzene rings is 1. The fraction of sp³-hybridized carbons (Fsp3) is 0.750. The molecule has 1 nitrogen and oxygen atoms in total. The molecule has 1 aromatic carbocycles. The highest BCUT2D eigenvalue weighted by Crippen LogP contribution is 2.38. The van der Waals surface area contributed by atoms with Crippen LogP contribution in [0.25, 0.3) is 0 Å². The first-order valence-electron chi connectivity index (χ1n) is 10.8. The van der Waals surface area contributed by atoms with E-state index < -0.39 is 0 Å². The molecule has 0 aromatic heterocycles. The van der Waals surface area contributed by atoms with Crippen LogP contribution in [0.15, 0.2) is 30.3 Å². The van der Waals surface area contributed by atoms with E-state index in [0.717, 1.165) is 17.8 Å². The van der Waals surface area contributed by atoms with Crippen LogP contribution in [0, 0.1) is 17.8 Å². The maximum Gasteiger partial charge on any atom is 0.0828 e. The Morgan fingerprint density at radius 3 is 2.40 bits per heavy atom. The smallest absolute Gasteiger partial charge is 0.0828 e. The molecule has 0 radical (unpaired) electrons. The van der Waals surface area contributed by atoms with Crippen molar-refractivity contribution in [1.82, 2.24) is 0 Å². The van der Waals surface area contributed by atoms with E-state index in [4.69, 9.17) is 4.74 Å². The summed E-state index contributed by atoms with van der Waals surface area (Å²) in [5.41, 5.74) is 1.37. The standard InChI is InChI=1S/C24H40O/c1-5-6-7-8-12-15-23(21-13-10-9-11-14-21)25-24-18-20(4)16-17-22(24)19(2)3/h9-11,13-14,19-20,22-24H,5-8,12,15-18H2,1-4H3/t20-,22+,23?,24-/m1/s1. The van der Waals surface area contributed by atoms with Gasteiger partial charge >= 0.3 is 0 Å². The molecule has 25 heavy (non-hydrogen) atoms. The first-order chi connectivity index (χ1) is 12.1. The minimum absolute atomic E-state index is 0.277. The van der Waals surface area contributed by atoms with Crippen LogP contribution in [0.1, 0.15) is 97.1 Å². The molecule has 0 aliphatic heterocycles. The van der Waals surface area contributed by atoms with Gasteiger partial charge in [0.05, 0.1) is 12.2 Å². The van der Waals surface area contributed by atoms with Crippen molar-refractivity contribution >= 4 is 0 Å². The quantitative estimate of drug-likeness (QED) is 0.398. The summed E-state index contributed by atoms with van der Waals surface area (Å²) in [5, 5.41) is 0. The second-order valence-electron chi connectivity index (χ2n) is 8.60. The zero-order valence-electron chi connectivity index (χ0n) is 17.0. The van der Waals surface area contributed by atoms with Crippen molar-refractivity contribution in [1.29, 1.82) is 0 Å². The number of hydrogen-bond acceptors (Lipinski definition) is 1. The van der Waals surface area contributed by atoms with E-state index in [1.165, 1.54) is 63.4 Å². The van der Waals surface area contributed by atoms with E-state index in [-0.39, 0.29) is 6.10 Å². The molecule has 1 saturated carbocycles. The van der Waals surface area contributed by atoms with Crippen LogP contribution in [0.5, 0.6) is 0 Å². The van der Waals surface area contributed by atoms with E-state index in [2.05, 4.69) is 58.0 Å². The number of hydrogen-bond donors (Lipinski definition) is 0. The first-order valence-corrected chi connectivity index (χ1v) is 10.8. The van der Waals surface area contributed by atoms with E-state index >= 15 is 0 Å². The van der Waals surface area contributed by atoms with Gasteiger partial charge in [-0.25, -0.2) is 0 Å². The van der Waals surface area contributed by atoms with Gasteiger partial charge in [0.15, 0.2) is 0 Å². The van der Waals surface area contributed by atoms with Gasteiger partial charge in [-0.1, -0.05) is 96.6 Å². The third-order valence-corrected chi connectivity index (χ3v) is 6.04. The van der Waals surface area contributed by atoms with Gasteiger partial charge in [-0.2, -0.15) is 0 Å². The second-order valence-corrected chi connectivity index (χ2v) is 8.60. The lowest BCUT2D eigenvalue weighted by Gasteiger charge is -2.39. The summed E-state index contributed by atoms with van der Waals surface area (Å²) in [7, 11) is 0. The molecule has 1 heteroatoms. The molecule has 2 rings (SSSR count). The van der Waals surface area contributed by atoms with Gasteiger partial charge in [0, 0.05) is 0 Å². The van der Waals surface area contributed by atoms with Crippen molar-refractivity contribution in [3.8, 4) is 0 Å². The maximum atomic E-state index is 6.83. The molecule has 4 atom stereocenters. The predicted molar refractivity (Wildman–Crippen MR) is 109 cm³/mol. The number of ether oxygens (including phenoxy) is 1. The van der Waals surface area contributed by atoms with Crippen molar-refractivity contribution in [2.75, 3.05) is 0 Å². The number of rotatable bonds is 10. The highest BCUT2D eigenvalue weighted by Gasteiger charge is 2.33. The molecule has 0 heterocycles. The van der Waals surface area contributed by atoms with Crippen LogP contribution >= 0.6 is 0 Å². The monoisotopic (exact) mass is 344 g/mol. The maximum absolute atomic E-state index is 6.83. The molecular formula is C24H40O. The van der Waals surface area contributed by atoms with Gasteiger partial charge in [-0.3, -0.25) is 0 Å². The minimum atomic E-state index is 0.277. The molecule has 1 fully saturated rings. The van der Waals surface area contributed by atoms with Gasteiger partial charge in [-0.05, 0) is 42.6 Å². The van der Waals surface area contributed by atoms with Crippen LogP contribution in [0.4, 0.5) is 0 Å². The van der Waals surface area contributed by atoms with Crippen molar-refractivity contribution < 1.29 is 4.74 Å². The second kappa shape index (κ2) is 11.0. The Balaban J connectivity index is 2.00. The van der Waals surface area contributed by atoms with Crippen LogP contribution < -0.4 is 0 Å². The average molecular weight is 345 g/mol. The Kier molecular flexibility index (Phi) is 9.03. The van der Waals surface area contributed by atoms with E-state index in [1.807, 2.05) is 0 Å². The molecule has 0 bridgehead atoms. The van der Waals surface area contributed by atoms with Gasteiger partial charge in [0.1, 0.15) is 0 Å². The molecular weight excluding hydrogens is 304 g/mol. The molecule has 1 aliphatic rings. The zero-order valence-corrected chi connectivity index (χ0v) is 17.0. The van der Waals surface area contributed by atoms with Crippen LogP contribution in [0.3, 0.4) is 0 Å². The van der Waals surface area contributed by atoms with Crippen LogP contribution in [-0.2, 0) is 4.74 Å². The van der Waals surface area contributed by atoms with E-state index in [9.17, 15) is 0 Å². The van der Waals surface area contributed by atoms with E-state index in [1.54, 1.807) is 0 Å². The van der Waals surface area contributed by atoms with Crippen molar-refractivity contribution in [3.63, 3.8) is 0 Å². The lowest BCUT2D eigenvalue weighted by atomic mass is 9.75. The van der Waals surface area contributed by atoms with Gasteiger partial charge < -0.3 is 4.74 Å². The zero-order chi connectivity index (χ0) is 18.1. The van der Waals surface area contributed by atoms with Crippen LogP contribution in [-0.4, -0.2) is 6.10 Å². The van der Waals surface area contributed by atoms with E-state index in [0.29, 0.717) is 6.10 Å². The van der Waals surface area contributed by atoms with Gasteiger partial charge in [0.2, 0.25) is 0 Å². The molecule has 0 amide bonds. The normalized spacial score (nSPS) is 25.2. The molecule has 1 aliphatic carbocycles. The topological polar surface area (TPSA) is 9.23 Å². The predicted octanol–water partition coefficient (Wildman–Crippen LogP) is 7.57. The fourth-order valence-corrected chi connectivity index (χ4v) is 4.40. The lowest BCUT2D eigenvalue weighted by Crippen LogP contribution is -2.35. The Morgan fingerprint density at radius 2 is 1.72 bits per heavy atom. The third kappa shape index (κ3) is 6.77. The highest BCUT2D eigenvalue weighted by molar-refractivity contribution is 5.17. The molecule has 142 valence electrons. The summed E-state index contributed by atoms with van der Waals surface area (Å²) in [4.78, 5) is 0. The number of unbranched alkanes of at least 4 members (excludes halogenated alkanes) is 4. The van der Waals surface area contributed by atoms with Crippen molar-refractivity contribution in [2.24, 2.45) is 17.8 Å². The average Bonchev–Trinajstić information content (AvgIpc) is 2.61. The molecule has 0 spiro atoms. The van der Waals surface area contributed by atoms with Gasteiger partial charge in [0.25, 0.3) is 0 Å². The largest absolute Gasteiger partial charge is 0.370 e. The SMILES string of the molecule is CCCCCCCC(O[C@@H]1C[C@H](C)CC[C@H]1C(C)C)c1ccccc1. The Bertz CT molecular complexity index is 452. The molecule has 1 aromatic rings. The summed E-state index contributed by atoms with van der Waals surface area (Å²) in [5.74, 6) is 2.25. The Hall–Kier alpha value is -0.820.